The van der Waals surface area contributed by atoms with Crippen LogP contribution in [0.5, 0.6) is 0 Å². The third-order valence-electron chi connectivity index (χ3n) is 4.59. The molecular weight excluding hydrogens is 284 g/mol. The zero-order chi connectivity index (χ0) is 14.6. The lowest BCUT2D eigenvalue weighted by Crippen LogP contribution is -2.45. The van der Waals surface area contributed by atoms with Crippen molar-refractivity contribution in [1.82, 2.24) is 10.6 Å². The minimum Gasteiger partial charge on any atom is -0.349 e. The molecule has 21 heavy (non-hydrogen) atoms. The molecule has 1 heterocycles. The van der Waals surface area contributed by atoms with Gasteiger partial charge >= 0.3 is 0 Å². The van der Waals surface area contributed by atoms with E-state index in [-0.39, 0.29) is 29.8 Å². The van der Waals surface area contributed by atoms with Gasteiger partial charge in [0.25, 0.3) is 0 Å². The summed E-state index contributed by atoms with van der Waals surface area (Å²) in [6.07, 6.45) is 9.62. The first kappa shape index (κ1) is 18.2. The number of rotatable bonds is 3. The topological polar surface area (TPSA) is 41.1 Å². The van der Waals surface area contributed by atoms with Gasteiger partial charge in [0, 0.05) is 18.7 Å². The van der Waals surface area contributed by atoms with E-state index < -0.39 is 0 Å². The number of hydrogen-bond acceptors (Lipinski definition) is 2. The molecule has 0 bridgehead atoms. The van der Waals surface area contributed by atoms with Crippen LogP contribution in [0.3, 0.4) is 0 Å². The molecule has 0 aromatic heterocycles. The number of hydrogen-bond donors (Lipinski definition) is 2. The van der Waals surface area contributed by atoms with Gasteiger partial charge in [-0.25, -0.2) is 0 Å². The molecule has 1 aliphatic carbocycles. The third kappa shape index (κ3) is 5.15. The van der Waals surface area contributed by atoms with Gasteiger partial charge in [-0.1, -0.05) is 25.5 Å². The quantitative estimate of drug-likeness (QED) is 0.785. The van der Waals surface area contributed by atoms with E-state index in [9.17, 15) is 4.79 Å². The highest BCUT2D eigenvalue weighted by Crippen LogP contribution is 2.40. The standard InChI is InChI=1S/C17H28N2O.ClH/c1-13-6-4-10-17(2,3)15(13)8-9-16(20)19-14-7-5-11-18-12-14;/h8-9,14,18H,4-7,10-12H2,1-3H3,(H,19,20);1H. The van der Waals surface area contributed by atoms with Crippen molar-refractivity contribution in [2.24, 2.45) is 5.41 Å². The van der Waals surface area contributed by atoms with Crippen LogP contribution in [0.15, 0.2) is 23.3 Å². The summed E-state index contributed by atoms with van der Waals surface area (Å²) in [5.41, 5.74) is 2.98. The summed E-state index contributed by atoms with van der Waals surface area (Å²) in [6.45, 7) is 8.72. The van der Waals surface area contributed by atoms with Crippen LogP contribution in [0.2, 0.25) is 0 Å². The molecular formula is C17H29ClN2O. The predicted octanol–water partition coefficient (Wildman–Crippen LogP) is 3.36. The van der Waals surface area contributed by atoms with Crippen LogP contribution in [0.4, 0.5) is 0 Å². The van der Waals surface area contributed by atoms with Crippen LogP contribution < -0.4 is 10.6 Å². The van der Waals surface area contributed by atoms with Gasteiger partial charge in [-0.15, -0.1) is 12.4 Å². The minimum atomic E-state index is 0. The Kier molecular flexibility index (Phi) is 6.95. The number of halogens is 1. The fraction of sp³-hybridized carbons (Fsp3) is 0.706. The highest BCUT2D eigenvalue weighted by atomic mass is 35.5. The molecule has 120 valence electrons. The van der Waals surface area contributed by atoms with Gasteiger partial charge < -0.3 is 10.6 Å². The Morgan fingerprint density at radius 2 is 2.14 bits per heavy atom. The number of allylic oxidation sites excluding steroid dienone is 3. The molecule has 1 aliphatic heterocycles. The van der Waals surface area contributed by atoms with Gasteiger partial charge in [0.2, 0.25) is 5.91 Å². The van der Waals surface area contributed by atoms with Crippen molar-refractivity contribution in [2.75, 3.05) is 13.1 Å². The van der Waals surface area contributed by atoms with Gasteiger partial charge in [0.15, 0.2) is 0 Å². The van der Waals surface area contributed by atoms with Crippen molar-refractivity contribution in [1.29, 1.82) is 0 Å². The summed E-state index contributed by atoms with van der Waals surface area (Å²) in [6, 6.07) is 0.287. The molecule has 1 unspecified atom stereocenters. The first-order valence-corrected chi connectivity index (χ1v) is 7.88. The van der Waals surface area contributed by atoms with Crippen molar-refractivity contribution in [3.8, 4) is 0 Å². The Labute approximate surface area is 135 Å². The SMILES string of the molecule is CC1=C(C=CC(=O)NC2CCCNC2)C(C)(C)CCC1.Cl. The molecule has 0 spiro atoms. The molecule has 1 atom stereocenters. The monoisotopic (exact) mass is 312 g/mol. The summed E-state index contributed by atoms with van der Waals surface area (Å²) >= 11 is 0. The molecule has 0 aromatic rings. The van der Waals surface area contributed by atoms with Gasteiger partial charge in [0.05, 0.1) is 0 Å². The van der Waals surface area contributed by atoms with Crippen molar-refractivity contribution in [2.45, 2.75) is 58.9 Å². The molecule has 4 heteroatoms. The number of piperidine rings is 1. The average Bonchev–Trinajstić information content (AvgIpc) is 2.38. The number of carbonyl (C=O) groups is 1. The molecule has 3 nitrogen and oxygen atoms in total. The summed E-state index contributed by atoms with van der Waals surface area (Å²) < 4.78 is 0. The van der Waals surface area contributed by atoms with E-state index in [4.69, 9.17) is 0 Å². The number of nitrogens with one attached hydrogen (secondary N) is 2. The summed E-state index contributed by atoms with van der Waals surface area (Å²) in [7, 11) is 0. The zero-order valence-corrected chi connectivity index (χ0v) is 14.3. The van der Waals surface area contributed by atoms with Crippen LogP contribution in [-0.2, 0) is 4.79 Å². The average molecular weight is 313 g/mol. The van der Waals surface area contributed by atoms with Crippen molar-refractivity contribution >= 4 is 18.3 Å². The van der Waals surface area contributed by atoms with E-state index in [0.717, 1.165) is 32.4 Å². The van der Waals surface area contributed by atoms with E-state index in [0.29, 0.717) is 0 Å². The third-order valence-corrected chi connectivity index (χ3v) is 4.59. The maximum Gasteiger partial charge on any atom is 0.244 e. The Morgan fingerprint density at radius 3 is 2.76 bits per heavy atom. The van der Waals surface area contributed by atoms with Gasteiger partial charge in [-0.05, 0) is 56.6 Å². The van der Waals surface area contributed by atoms with E-state index in [1.165, 1.54) is 24.0 Å². The van der Waals surface area contributed by atoms with Gasteiger partial charge in [0.1, 0.15) is 0 Å². The Bertz CT molecular complexity index is 421. The Hall–Kier alpha value is -0.800. The van der Waals surface area contributed by atoms with Crippen LogP contribution in [0, 0.1) is 5.41 Å². The lowest BCUT2D eigenvalue weighted by atomic mass is 9.72. The fourth-order valence-electron chi connectivity index (χ4n) is 3.39. The van der Waals surface area contributed by atoms with Crippen molar-refractivity contribution in [3.63, 3.8) is 0 Å². The molecule has 0 radical (unpaired) electrons. The fourth-order valence-corrected chi connectivity index (χ4v) is 3.39. The second-order valence-electron chi connectivity index (χ2n) is 6.82. The van der Waals surface area contributed by atoms with Gasteiger partial charge in [-0.2, -0.15) is 0 Å². The maximum atomic E-state index is 12.0. The van der Waals surface area contributed by atoms with E-state index in [2.05, 4.69) is 31.4 Å². The van der Waals surface area contributed by atoms with E-state index in [1.807, 2.05) is 6.08 Å². The number of carbonyl (C=O) groups excluding carboxylic acids is 1. The van der Waals surface area contributed by atoms with Crippen LogP contribution in [-0.4, -0.2) is 25.0 Å². The molecule has 1 fully saturated rings. The molecule has 2 rings (SSSR count). The molecule has 1 amide bonds. The molecule has 2 aliphatic rings. The highest BCUT2D eigenvalue weighted by Gasteiger charge is 2.26. The Balaban J connectivity index is 0.00000220. The summed E-state index contributed by atoms with van der Waals surface area (Å²) in [4.78, 5) is 12.0. The lowest BCUT2D eigenvalue weighted by Gasteiger charge is -2.32. The predicted molar refractivity (Wildman–Crippen MR) is 90.8 cm³/mol. The van der Waals surface area contributed by atoms with Crippen molar-refractivity contribution < 1.29 is 4.79 Å². The van der Waals surface area contributed by atoms with Crippen molar-refractivity contribution in [3.05, 3.63) is 23.3 Å². The number of amides is 1. The first-order chi connectivity index (χ1) is 9.49. The largest absolute Gasteiger partial charge is 0.349 e. The normalized spacial score (nSPS) is 25.6. The Morgan fingerprint density at radius 1 is 1.38 bits per heavy atom. The highest BCUT2D eigenvalue weighted by molar-refractivity contribution is 5.88. The molecule has 0 saturated carbocycles. The van der Waals surface area contributed by atoms with Crippen LogP contribution in [0.25, 0.3) is 0 Å². The molecule has 1 saturated heterocycles. The zero-order valence-electron chi connectivity index (χ0n) is 13.5. The first-order valence-electron chi connectivity index (χ1n) is 7.88. The second-order valence-corrected chi connectivity index (χ2v) is 6.82. The van der Waals surface area contributed by atoms with E-state index >= 15 is 0 Å². The van der Waals surface area contributed by atoms with Crippen LogP contribution in [0.1, 0.15) is 52.9 Å². The summed E-state index contributed by atoms with van der Waals surface area (Å²) in [5, 5.41) is 6.41. The van der Waals surface area contributed by atoms with Crippen LogP contribution >= 0.6 is 12.4 Å². The minimum absolute atomic E-state index is 0. The second kappa shape index (κ2) is 8.00. The molecule has 0 aromatic carbocycles. The molecule has 2 N–H and O–H groups in total. The maximum absolute atomic E-state index is 12.0. The summed E-state index contributed by atoms with van der Waals surface area (Å²) in [5.74, 6) is 0.0420. The van der Waals surface area contributed by atoms with Gasteiger partial charge in [-0.3, -0.25) is 4.79 Å². The lowest BCUT2D eigenvalue weighted by molar-refractivity contribution is -0.117. The smallest absolute Gasteiger partial charge is 0.244 e. The van der Waals surface area contributed by atoms with E-state index in [1.54, 1.807) is 6.08 Å².